The minimum Gasteiger partial charge on any atom is -0.469 e. The highest BCUT2D eigenvalue weighted by Crippen LogP contribution is 2.42. The molecule has 0 aliphatic heterocycles. The zero-order valence-corrected chi connectivity index (χ0v) is 34.1. The van der Waals surface area contributed by atoms with E-state index in [4.69, 9.17) is 39.7 Å². The first kappa shape index (κ1) is 46.6. The average molecular weight is 808 g/mol. The molecule has 3 rings (SSSR count). The van der Waals surface area contributed by atoms with E-state index in [-0.39, 0.29) is 32.2 Å². The maximum absolute atomic E-state index is 11.5. The SMILES string of the molecule is [C-]#[N+]c1c(N=Nc2ccc(N(CC)CC(COCc3ccccc3)OCCOCCOCCOCCOCCOC(=O)CCC(=O)OC)cc2C)sc(C#N)c1C. The van der Waals surface area contributed by atoms with Gasteiger partial charge in [0.05, 0.1) is 116 Å². The van der Waals surface area contributed by atoms with Crippen LogP contribution in [0.4, 0.5) is 22.1 Å². The van der Waals surface area contributed by atoms with Crippen LogP contribution >= 0.6 is 11.3 Å². The summed E-state index contributed by atoms with van der Waals surface area (Å²) in [4.78, 5) is 28.8. The van der Waals surface area contributed by atoms with Crippen LogP contribution in [0, 0.1) is 31.8 Å². The Morgan fingerprint density at radius 1 is 0.860 bits per heavy atom. The fraction of sp³-hybridized carbons (Fsp3) is 0.512. The van der Waals surface area contributed by atoms with Gasteiger partial charge in [0.2, 0.25) is 5.69 Å². The third-order valence-electron chi connectivity index (χ3n) is 8.27. The van der Waals surface area contributed by atoms with Gasteiger partial charge in [-0.1, -0.05) is 30.3 Å². The van der Waals surface area contributed by atoms with Gasteiger partial charge < -0.3 is 42.8 Å². The lowest BCUT2D eigenvalue weighted by molar-refractivity contribution is -0.150. The van der Waals surface area contributed by atoms with E-state index in [0.717, 1.165) is 23.4 Å². The van der Waals surface area contributed by atoms with Gasteiger partial charge in [-0.15, -0.1) is 11.3 Å². The Labute approximate surface area is 339 Å². The molecule has 0 saturated carbocycles. The zero-order valence-electron chi connectivity index (χ0n) is 33.2. The lowest BCUT2D eigenvalue weighted by Gasteiger charge is -2.29. The van der Waals surface area contributed by atoms with Crippen molar-refractivity contribution in [2.45, 2.75) is 46.3 Å². The molecule has 1 atom stereocenters. The largest absolute Gasteiger partial charge is 0.469 e. The normalized spacial score (nSPS) is 11.6. The molecule has 0 fully saturated rings. The number of likely N-dealkylation sites (N-methyl/N-ethyl adjacent to an activating group) is 1. The highest BCUT2D eigenvalue weighted by atomic mass is 32.1. The summed E-state index contributed by atoms with van der Waals surface area (Å²) in [7, 11) is 1.27. The number of esters is 2. The van der Waals surface area contributed by atoms with Crippen molar-refractivity contribution in [2.24, 2.45) is 10.2 Å². The molecule has 0 aliphatic rings. The van der Waals surface area contributed by atoms with Gasteiger partial charge in [-0.05, 0) is 55.7 Å². The molecule has 0 bridgehead atoms. The van der Waals surface area contributed by atoms with Crippen molar-refractivity contribution in [1.29, 1.82) is 5.26 Å². The number of anilines is 1. The molecule has 0 amide bonds. The molecule has 57 heavy (non-hydrogen) atoms. The first-order valence-corrected chi connectivity index (χ1v) is 19.6. The predicted molar refractivity (Wildman–Crippen MR) is 215 cm³/mol. The number of ether oxygens (including phenoxy) is 8. The minimum absolute atomic E-state index is 0.00894. The standard InChI is InChI=1S/C41H53N5O10S/c1-6-46(34-12-13-36(31(2)26-34)44-45-41-40(43-4)32(3)37(27-42)57-41)28-35(30-54-29-33-10-8-7-9-11-33)55-24-22-52-20-18-50-16-17-51-19-21-53-23-25-56-39(48)15-14-38(47)49-5/h7-13,26,35H,6,14-25,28-30H2,1-3,5H3. The second-order valence-corrected chi connectivity index (χ2v) is 13.4. The fourth-order valence-corrected chi connectivity index (χ4v) is 6.04. The highest BCUT2D eigenvalue weighted by Gasteiger charge is 2.18. The monoisotopic (exact) mass is 807 g/mol. The van der Waals surface area contributed by atoms with Crippen LogP contribution in [0.15, 0.2) is 58.8 Å². The van der Waals surface area contributed by atoms with Gasteiger partial charge in [0.25, 0.3) is 0 Å². The maximum atomic E-state index is 11.5. The average Bonchev–Trinajstić information content (AvgIpc) is 3.54. The Morgan fingerprint density at radius 3 is 2.09 bits per heavy atom. The molecule has 0 spiro atoms. The number of carbonyl (C=O) groups excluding carboxylic acids is 2. The van der Waals surface area contributed by atoms with Crippen LogP contribution in [0.5, 0.6) is 0 Å². The van der Waals surface area contributed by atoms with Gasteiger partial charge in [0.1, 0.15) is 17.7 Å². The van der Waals surface area contributed by atoms with Crippen molar-refractivity contribution >= 4 is 45.3 Å². The summed E-state index contributed by atoms with van der Waals surface area (Å²) >= 11 is 1.17. The van der Waals surface area contributed by atoms with E-state index < -0.39 is 11.9 Å². The lowest BCUT2D eigenvalue weighted by atomic mass is 10.1. The number of aryl methyl sites for hydroxylation is 1. The number of hydrogen-bond acceptors (Lipinski definition) is 15. The number of thiophene rings is 1. The summed E-state index contributed by atoms with van der Waals surface area (Å²) in [6, 6.07) is 18.1. The molecular formula is C41H53N5O10S. The van der Waals surface area contributed by atoms with Crippen LogP contribution in [-0.4, -0.2) is 111 Å². The van der Waals surface area contributed by atoms with Gasteiger partial charge in [-0.3, -0.25) is 9.59 Å². The van der Waals surface area contributed by atoms with Crippen molar-refractivity contribution in [3.8, 4) is 6.07 Å². The van der Waals surface area contributed by atoms with Crippen LogP contribution in [-0.2, 0) is 54.1 Å². The Morgan fingerprint density at radius 2 is 1.49 bits per heavy atom. The molecule has 0 N–H and O–H groups in total. The first-order chi connectivity index (χ1) is 27.8. The number of nitriles is 1. The van der Waals surface area contributed by atoms with Gasteiger partial charge in [-0.2, -0.15) is 15.5 Å². The molecule has 308 valence electrons. The van der Waals surface area contributed by atoms with E-state index in [1.165, 1.54) is 18.4 Å². The number of carbonyl (C=O) groups is 2. The van der Waals surface area contributed by atoms with Crippen LogP contribution in [0.2, 0.25) is 0 Å². The van der Waals surface area contributed by atoms with Crippen molar-refractivity contribution in [2.75, 3.05) is 97.8 Å². The number of rotatable bonds is 29. The molecule has 3 aromatic rings. The molecule has 0 saturated heterocycles. The van der Waals surface area contributed by atoms with E-state index in [9.17, 15) is 14.9 Å². The molecule has 16 heteroatoms. The van der Waals surface area contributed by atoms with E-state index in [1.54, 1.807) is 6.92 Å². The first-order valence-electron chi connectivity index (χ1n) is 18.7. The molecule has 15 nitrogen and oxygen atoms in total. The van der Waals surface area contributed by atoms with Gasteiger partial charge >= 0.3 is 11.9 Å². The summed E-state index contributed by atoms with van der Waals surface area (Å²) in [5, 5.41) is 18.5. The van der Waals surface area contributed by atoms with Gasteiger partial charge in [0, 0.05) is 18.8 Å². The van der Waals surface area contributed by atoms with E-state index in [2.05, 4.69) is 43.8 Å². The van der Waals surface area contributed by atoms with Crippen molar-refractivity contribution in [1.82, 2.24) is 0 Å². The zero-order chi connectivity index (χ0) is 41.1. The second kappa shape index (κ2) is 27.8. The quantitative estimate of drug-likeness (QED) is 0.0301. The van der Waals surface area contributed by atoms with Gasteiger partial charge in [0.15, 0.2) is 0 Å². The molecule has 0 radical (unpaired) electrons. The third-order valence-corrected chi connectivity index (χ3v) is 9.34. The number of methoxy groups -OCH3 is 1. The summed E-state index contributed by atoms with van der Waals surface area (Å²) < 4.78 is 44.0. The lowest BCUT2D eigenvalue weighted by Crippen LogP contribution is -2.37. The summed E-state index contributed by atoms with van der Waals surface area (Å²) in [6.45, 7) is 19.0. The fourth-order valence-electron chi connectivity index (χ4n) is 5.17. The molecular weight excluding hydrogens is 755 g/mol. The van der Waals surface area contributed by atoms with Crippen LogP contribution in [0.3, 0.4) is 0 Å². The van der Waals surface area contributed by atoms with E-state index in [0.29, 0.717) is 99.4 Å². The van der Waals surface area contributed by atoms with Crippen molar-refractivity contribution in [3.05, 3.63) is 81.5 Å². The van der Waals surface area contributed by atoms with Crippen LogP contribution in [0.25, 0.3) is 4.85 Å². The molecule has 1 aromatic heterocycles. The summed E-state index contributed by atoms with van der Waals surface area (Å²) in [5.74, 6) is -0.930. The smallest absolute Gasteiger partial charge is 0.306 e. The Bertz CT molecular complexity index is 1760. The van der Waals surface area contributed by atoms with E-state index >= 15 is 0 Å². The Hall–Kier alpha value is -4.78. The molecule has 1 heterocycles. The van der Waals surface area contributed by atoms with Crippen molar-refractivity contribution < 1.29 is 47.5 Å². The second-order valence-electron chi connectivity index (χ2n) is 12.4. The predicted octanol–water partition coefficient (Wildman–Crippen LogP) is 7.19. The molecule has 2 aromatic carbocycles. The van der Waals surface area contributed by atoms with Gasteiger partial charge in [-0.25, -0.2) is 4.85 Å². The molecule has 0 aliphatic carbocycles. The van der Waals surface area contributed by atoms with Crippen LogP contribution in [0.1, 0.15) is 41.3 Å². The summed E-state index contributed by atoms with van der Waals surface area (Å²) in [6.07, 6.45) is -0.263. The number of nitrogens with zero attached hydrogens (tertiary/aromatic N) is 5. The minimum atomic E-state index is -0.474. The Balaban J connectivity index is 1.37. The third kappa shape index (κ3) is 17.9. The summed E-state index contributed by atoms with van der Waals surface area (Å²) in [5.41, 5.74) is 4.68. The number of azo groups is 1. The number of hydrogen-bond donors (Lipinski definition) is 0. The molecule has 1 unspecified atom stereocenters. The number of benzene rings is 2. The van der Waals surface area contributed by atoms with Crippen LogP contribution < -0.4 is 4.90 Å². The van der Waals surface area contributed by atoms with Crippen molar-refractivity contribution in [3.63, 3.8) is 0 Å². The highest BCUT2D eigenvalue weighted by molar-refractivity contribution is 7.17. The Kier molecular flexibility index (Phi) is 22.7. The maximum Gasteiger partial charge on any atom is 0.306 e. The van der Waals surface area contributed by atoms with E-state index in [1.807, 2.05) is 49.4 Å². The topological polar surface area (TPSA) is 164 Å².